The molecule has 1 aliphatic rings. The van der Waals surface area contributed by atoms with E-state index in [-0.39, 0.29) is 5.56 Å². The molecule has 0 amide bonds. The van der Waals surface area contributed by atoms with Crippen molar-refractivity contribution in [2.24, 2.45) is 0 Å². The molecule has 0 radical (unpaired) electrons. The van der Waals surface area contributed by atoms with Gasteiger partial charge in [0.05, 0.1) is 5.69 Å². The quantitative estimate of drug-likeness (QED) is 0.554. The number of nitrogens with zero attached hydrogens (tertiary/aromatic N) is 3. The molecule has 1 aromatic carbocycles. The Morgan fingerprint density at radius 2 is 1.84 bits per heavy atom. The Balaban J connectivity index is 0.000000628. The number of benzene rings is 1. The highest BCUT2D eigenvalue weighted by Crippen LogP contribution is 2.44. The molecule has 6 nitrogen and oxygen atoms in total. The molecule has 0 atom stereocenters. The molecular formula is C23H25N3O3S2. The van der Waals surface area contributed by atoms with E-state index in [2.05, 4.69) is 46.9 Å². The van der Waals surface area contributed by atoms with E-state index in [1.54, 1.807) is 23.1 Å². The summed E-state index contributed by atoms with van der Waals surface area (Å²) in [5, 5.41) is 9.91. The summed E-state index contributed by atoms with van der Waals surface area (Å²) in [6.07, 6.45) is 4.19. The summed E-state index contributed by atoms with van der Waals surface area (Å²) in [5.74, 6) is -1.08. The number of carbonyl (C=O) groups excluding carboxylic acids is 1. The third-order valence-corrected chi connectivity index (χ3v) is 7.23. The highest BCUT2D eigenvalue weighted by molar-refractivity contribution is 8.08. The summed E-state index contributed by atoms with van der Waals surface area (Å²) >= 11 is 3.26. The van der Waals surface area contributed by atoms with E-state index in [1.807, 2.05) is 42.8 Å². The number of carboxylic acids is 1. The highest BCUT2D eigenvalue weighted by Gasteiger charge is 2.24. The highest BCUT2D eigenvalue weighted by atomic mass is 32.2. The van der Waals surface area contributed by atoms with Crippen molar-refractivity contribution in [1.29, 1.82) is 0 Å². The van der Waals surface area contributed by atoms with Crippen LogP contribution in [0.25, 0.3) is 11.1 Å². The van der Waals surface area contributed by atoms with Crippen molar-refractivity contribution in [3.63, 3.8) is 0 Å². The third kappa shape index (κ3) is 4.91. The Kier molecular flexibility index (Phi) is 7.35. The van der Waals surface area contributed by atoms with Gasteiger partial charge in [-0.15, -0.1) is 11.3 Å². The number of hydrogen-bond donors (Lipinski definition) is 0. The number of anilines is 1. The molecule has 0 saturated heterocycles. The molecule has 4 rings (SSSR count). The second-order valence-corrected chi connectivity index (χ2v) is 8.86. The predicted molar refractivity (Wildman–Crippen MR) is 124 cm³/mol. The average molecular weight is 456 g/mol. The monoisotopic (exact) mass is 455 g/mol. The van der Waals surface area contributed by atoms with Gasteiger partial charge in [-0.1, -0.05) is 23.9 Å². The van der Waals surface area contributed by atoms with Crippen LogP contribution in [-0.2, 0) is 17.9 Å². The smallest absolute Gasteiger partial charge is 0.271 e. The lowest BCUT2D eigenvalue weighted by atomic mass is 10.3. The molecule has 0 saturated carbocycles. The molecule has 8 heteroatoms. The van der Waals surface area contributed by atoms with E-state index < -0.39 is 5.97 Å². The van der Waals surface area contributed by atoms with Gasteiger partial charge in [0.2, 0.25) is 5.69 Å². The van der Waals surface area contributed by atoms with E-state index >= 15 is 0 Å². The standard InChI is InChI=1S/C21H22N3OS2.C2H4O2/c1-4-23-13-9-8-10-15(23)14-18-24(5-2)20(25)19(27-18)21-22(3)16-11-6-7-12-17(16)26-21;1-2(3)4/h6-14H,4-5H2,1-3H3;1H3,(H,3,4)/q+1;/p-1. The van der Waals surface area contributed by atoms with Crippen LogP contribution in [0.1, 0.15) is 26.5 Å². The van der Waals surface area contributed by atoms with E-state index in [9.17, 15) is 4.79 Å². The maximum Gasteiger partial charge on any atom is 0.271 e. The minimum atomic E-state index is -1.08. The predicted octanol–water partition coefficient (Wildman–Crippen LogP) is 1.13. The number of thioether (sulfide) groups is 1. The Morgan fingerprint density at radius 1 is 1.16 bits per heavy atom. The van der Waals surface area contributed by atoms with Crippen LogP contribution in [0.4, 0.5) is 5.69 Å². The molecular weight excluding hydrogens is 430 g/mol. The van der Waals surface area contributed by atoms with Gasteiger partial charge < -0.3 is 14.8 Å². The number of carboxylic acid groups (broad SMARTS) is 1. The van der Waals surface area contributed by atoms with E-state index in [0.717, 1.165) is 39.1 Å². The van der Waals surface area contributed by atoms with Crippen LogP contribution in [0, 0.1) is 0 Å². The van der Waals surface area contributed by atoms with Crippen LogP contribution in [0.3, 0.4) is 0 Å². The summed E-state index contributed by atoms with van der Waals surface area (Å²) in [6, 6.07) is 14.4. The van der Waals surface area contributed by atoms with Gasteiger partial charge in [0.1, 0.15) is 20.8 Å². The van der Waals surface area contributed by atoms with Crippen molar-refractivity contribution < 1.29 is 14.5 Å². The first-order chi connectivity index (χ1) is 14.9. The molecule has 0 N–H and O–H groups in total. The molecule has 31 heavy (non-hydrogen) atoms. The van der Waals surface area contributed by atoms with Crippen molar-refractivity contribution in [1.82, 2.24) is 4.57 Å². The van der Waals surface area contributed by atoms with Crippen molar-refractivity contribution in [2.45, 2.75) is 38.8 Å². The number of hydrogen-bond acceptors (Lipinski definition) is 6. The molecule has 0 unspecified atom stereocenters. The van der Waals surface area contributed by atoms with Crippen molar-refractivity contribution in [3.05, 3.63) is 73.9 Å². The molecule has 3 aromatic rings. The van der Waals surface area contributed by atoms with Crippen LogP contribution < -0.4 is 29.3 Å². The minimum Gasteiger partial charge on any atom is -0.550 e. The Bertz CT molecular complexity index is 1270. The topological polar surface area (TPSA) is 69.2 Å². The van der Waals surface area contributed by atoms with Crippen molar-refractivity contribution in [2.75, 3.05) is 11.9 Å². The largest absolute Gasteiger partial charge is 0.550 e. The zero-order valence-corrected chi connectivity index (χ0v) is 19.6. The molecule has 3 heterocycles. The fourth-order valence-electron chi connectivity index (χ4n) is 3.30. The fourth-order valence-corrected chi connectivity index (χ4v) is 5.77. The van der Waals surface area contributed by atoms with E-state index in [1.165, 1.54) is 4.90 Å². The Hall–Kier alpha value is -2.84. The van der Waals surface area contributed by atoms with Gasteiger partial charge in [-0.2, -0.15) is 4.57 Å². The SMILES string of the molecule is CC(=O)[O-].CCn1c(=Cc2cccc[n+]2CC)sc(=C2Sc3ccccc3N2C)c1=O. The van der Waals surface area contributed by atoms with Crippen molar-refractivity contribution in [3.8, 4) is 0 Å². The van der Waals surface area contributed by atoms with Gasteiger partial charge in [-0.05, 0) is 39.0 Å². The number of pyridine rings is 1. The van der Waals surface area contributed by atoms with Gasteiger partial charge in [-0.3, -0.25) is 9.36 Å². The Morgan fingerprint density at radius 3 is 2.48 bits per heavy atom. The second-order valence-electron chi connectivity index (χ2n) is 6.80. The van der Waals surface area contributed by atoms with Gasteiger partial charge >= 0.3 is 0 Å². The summed E-state index contributed by atoms with van der Waals surface area (Å²) in [4.78, 5) is 25.4. The lowest BCUT2D eigenvalue weighted by Gasteiger charge is -2.11. The molecule has 162 valence electrons. The van der Waals surface area contributed by atoms with Crippen LogP contribution in [-0.4, -0.2) is 17.6 Å². The molecule has 0 bridgehead atoms. The zero-order chi connectivity index (χ0) is 22.5. The van der Waals surface area contributed by atoms with Crippen LogP contribution in [0.5, 0.6) is 0 Å². The number of rotatable bonds is 3. The number of fused-ring (bicyclic) bond motifs is 1. The summed E-state index contributed by atoms with van der Waals surface area (Å²) < 4.78 is 5.86. The number of carbonyl (C=O) groups is 1. The number of aromatic nitrogens is 2. The first-order valence-corrected chi connectivity index (χ1v) is 11.6. The average Bonchev–Trinajstić information content (AvgIpc) is 3.24. The third-order valence-electron chi connectivity index (χ3n) is 4.75. The van der Waals surface area contributed by atoms with Crippen LogP contribution in [0.15, 0.2) is 58.4 Å². The molecule has 1 aliphatic heterocycles. The first kappa shape index (κ1) is 22.8. The van der Waals surface area contributed by atoms with E-state index in [0.29, 0.717) is 6.54 Å². The van der Waals surface area contributed by atoms with Crippen LogP contribution in [0.2, 0.25) is 0 Å². The lowest BCUT2D eigenvalue weighted by Crippen LogP contribution is -2.36. The maximum atomic E-state index is 13.1. The number of para-hydroxylation sites is 1. The number of aliphatic carboxylic acids is 1. The summed E-state index contributed by atoms with van der Waals surface area (Å²) in [5.41, 5.74) is 2.36. The zero-order valence-electron chi connectivity index (χ0n) is 18.0. The van der Waals surface area contributed by atoms with Gasteiger partial charge in [0.15, 0.2) is 6.20 Å². The van der Waals surface area contributed by atoms with Crippen molar-refractivity contribution >= 4 is 45.9 Å². The Labute approximate surface area is 189 Å². The molecule has 0 spiro atoms. The second kappa shape index (κ2) is 9.98. The minimum absolute atomic E-state index is 0.0925. The first-order valence-electron chi connectivity index (χ1n) is 9.99. The molecule has 2 aromatic heterocycles. The maximum absolute atomic E-state index is 13.1. The van der Waals surface area contributed by atoms with Gasteiger partial charge in [0, 0.05) is 42.7 Å². The van der Waals surface area contributed by atoms with Gasteiger partial charge in [-0.25, -0.2) is 0 Å². The van der Waals surface area contributed by atoms with Crippen LogP contribution >= 0.6 is 23.1 Å². The fraction of sp³-hybridized carbons (Fsp3) is 0.261. The lowest BCUT2D eigenvalue weighted by molar-refractivity contribution is -0.695. The number of thiazole rings is 1. The molecule has 0 fully saturated rings. The van der Waals surface area contributed by atoms with E-state index in [4.69, 9.17) is 9.90 Å². The van der Waals surface area contributed by atoms with Gasteiger partial charge in [0.25, 0.3) is 5.56 Å². The number of aryl methyl sites for hydroxylation is 1. The normalized spacial score (nSPS) is 14.8. The molecule has 0 aliphatic carbocycles. The summed E-state index contributed by atoms with van der Waals surface area (Å²) in [7, 11) is 2.04. The summed E-state index contributed by atoms with van der Waals surface area (Å²) in [6.45, 7) is 6.68.